The molecule has 0 aliphatic rings. The Morgan fingerprint density at radius 1 is 1.50 bits per heavy atom. The molecule has 1 N–H and O–H groups in total. The topological polar surface area (TPSA) is 33.4 Å². The maximum Gasteiger partial charge on any atom is 0.106 e. The van der Waals surface area contributed by atoms with Crippen molar-refractivity contribution in [1.29, 1.82) is 0 Å². The van der Waals surface area contributed by atoms with E-state index in [0.29, 0.717) is 0 Å². The van der Waals surface area contributed by atoms with Crippen LogP contribution in [0.3, 0.4) is 0 Å². The minimum absolute atomic E-state index is 0.781. The van der Waals surface area contributed by atoms with Gasteiger partial charge in [-0.25, -0.2) is 0 Å². The highest BCUT2D eigenvalue weighted by molar-refractivity contribution is 5.21. The van der Waals surface area contributed by atoms with Gasteiger partial charge in [-0.15, -0.1) is 0 Å². The summed E-state index contributed by atoms with van der Waals surface area (Å²) in [5, 5.41) is 9.50. The number of rotatable bonds is 1. The van der Waals surface area contributed by atoms with Gasteiger partial charge in [-0.3, -0.25) is 0 Å². The second-order valence-corrected chi connectivity index (χ2v) is 2.95. The van der Waals surface area contributed by atoms with Crippen molar-refractivity contribution in [2.45, 2.75) is 26.4 Å². The number of furan rings is 1. The number of aryl methyl sites for hydroxylation is 1. The van der Waals surface area contributed by atoms with E-state index in [0.717, 1.165) is 11.3 Å². The summed E-state index contributed by atoms with van der Waals surface area (Å²) in [7, 11) is 0. The maximum atomic E-state index is 9.50. The van der Waals surface area contributed by atoms with Gasteiger partial charge in [-0.2, -0.15) is 0 Å². The fraction of sp³-hybridized carbons (Fsp3) is 0.500. The van der Waals surface area contributed by atoms with Crippen LogP contribution >= 0.6 is 0 Å². The third-order valence-electron chi connectivity index (χ3n) is 1.52. The predicted octanol–water partition coefficient (Wildman–Crippen LogP) is 1.82. The molecule has 0 bridgehead atoms. The quantitative estimate of drug-likeness (QED) is 0.645. The van der Waals surface area contributed by atoms with Gasteiger partial charge in [0.05, 0.1) is 11.9 Å². The third-order valence-corrected chi connectivity index (χ3v) is 1.52. The van der Waals surface area contributed by atoms with Crippen LogP contribution in [0.25, 0.3) is 0 Å². The minimum atomic E-state index is -0.781. The molecule has 0 saturated heterocycles. The predicted molar refractivity (Wildman–Crippen MR) is 38.7 cm³/mol. The summed E-state index contributed by atoms with van der Waals surface area (Å²) in [6.07, 6.45) is 1.59. The van der Waals surface area contributed by atoms with Gasteiger partial charge in [0.15, 0.2) is 0 Å². The molecule has 1 aromatic heterocycles. The molecule has 1 aromatic rings. The van der Waals surface area contributed by atoms with Crippen molar-refractivity contribution in [2.75, 3.05) is 0 Å². The fourth-order valence-corrected chi connectivity index (χ4v) is 1.02. The van der Waals surface area contributed by atoms with E-state index in [9.17, 15) is 5.11 Å². The Kier molecular flexibility index (Phi) is 1.57. The number of aliphatic hydroxyl groups is 1. The Labute approximate surface area is 60.5 Å². The van der Waals surface area contributed by atoms with Crippen LogP contribution in [0.2, 0.25) is 0 Å². The molecule has 2 nitrogen and oxygen atoms in total. The van der Waals surface area contributed by atoms with Crippen LogP contribution in [0.4, 0.5) is 0 Å². The molecule has 2 heteroatoms. The van der Waals surface area contributed by atoms with Crippen LogP contribution in [0.1, 0.15) is 25.2 Å². The first-order valence-corrected chi connectivity index (χ1v) is 3.29. The summed E-state index contributed by atoms with van der Waals surface area (Å²) in [4.78, 5) is 0. The van der Waals surface area contributed by atoms with E-state index in [4.69, 9.17) is 4.42 Å². The lowest BCUT2D eigenvalue weighted by Crippen LogP contribution is -2.15. The molecule has 0 aliphatic carbocycles. The first kappa shape index (κ1) is 7.35. The van der Waals surface area contributed by atoms with Crippen LogP contribution < -0.4 is 0 Å². The Bertz CT molecular complexity index is 217. The second kappa shape index (κ2) is 2.13. The van der Waals surface area contributed by atoms with E-state index >= 15 is 0 Å². The standard InChI is InChI=1S/C8H12O2/c1-6-7(4-5-10-6)8(2,3)9/h4-5,9H,1-3H3. The van der Waals surface area contributed by atoms with Gasteiger partial charge in [0, 0.05) is 5.56 Å². The molecular weight excluding hydrogens is 128 g/mol. The molecule has 10 heavy (non-hydrogen) atoms. The van der Waals surface area contributed by atoms with E-state index < -0.39 is 5.60 Å². The van der Waals surface area contributed by atoms with Crippen LogP contribution in [-0.4, -0.2) is 5.11 Å². The average Bonchev–Trinajstić information content (AvgIpc) is 2.11. The largest absolute Gasteiger partial charge is 0.469 e. The van der Waals surface area contributed by atoms with Crippen molar-refractivity contribution in [3.63, 3.8) is 0 Å². The molecule has 1 rings (SSSR count). The summed E-state index contributed by atoms with van der Waals surface area (Å²) < 4.78 is 5.03. The zero-order valence-corrected chi connectivity index (χ0v) is 6.51. The SMILES string of the molecule is Cc1occc1C(C)(C)O. The van der Waals surface area contributed by atoms with Crippen molar-refractivity contribution in [3.05, 3.63) is 23.7 Å². The van der Waals surface area contributed by atoms with Gasteiger partial charge in [-0.05, 0) is 26.8 Å². The van der Waals surface area contributed by atoms with Crippen LogP contribution in [0, 0.1) is 6.92 Å². The third kappa shape index (κ3) is 1.21. The van der Waals surface area contributed by atoms with Crippen molar-refractivity contribution in [3.8, 4) is 0 Å². The summed E-state index contributed by atoms with van der Waals surface area (Å²) in [6, 6.07) is 1.79. The molecule has 0 aromatic carbocycles. The van der Waals surface area contributed by atoms with Gasteiger partial charge in [-0.1, -0.05) is 0 Å². The minimum Gasteiger partial charge on any atom is -0.469 e. The zero-order chi connectivity index (χ0) is 7.78. The Morgan fingerprint density at radius 2 is 2.10 bits per heavy atom. The first-order valence-electron chi connectivity index (χ1n) is 3.29. The first-order chi connectivity index (χ1) is 4.52. The molecule has 0 fully saturated rings. The van der Waals surface area contributed by atoms with Gasteiger partial charge >= 0.3 is 0 Å². The van der Waals surface area contributed by atoms with Crippen LogP contribution in [0.5, 0.6) is 0 Å². The molecule has 0 amide bonds. The molecule has 0 aliphatic heterocycles. The average molecular weight is 140 g/mol. The smallest absolute Gasteiger partial charge is 0.106 e. The highest BCUT2D eigenvalue weighted by atomic mass is 16.3. The molecular formula is C8H12O2. The Morgan fingerprint density at radius 3 is 2.30 bits per heavy atom. The highest BCUT2D eigenvalue weighted by Gasteiger charge is 2.19. The monoisotopic (exact) mass is 140 g/mol. The van der Waals surface area contributed by atoms with Crippen LogP contribution in [-0.2, 0) is 5.60 Å². The summed E-state index contributed by atoms with van der Waals surface area (Å²) in [5.74, 6) is 0.785. The second-order valence-electron chi connectivity index (χ2n) is 2.95. The van der Waals surface area contributed by atoms with Crippen LogP contribution in [0.15, 0.2) is 16.7 Å². The Balaban J connectivity index is 3.05. The fourth-order valence-electron chi connectivity index (χ4n) is 1.02. The highest BCUT2D eigenvalue weighted by Crippen LogP contribution is 2.23. The van der Waals surface area contributed by atoms with Gasteiger partial charge in [0.2, 0.25) is 0 Å². The molecule has 0 unspecified atom stereocenters. The Hall–Kier alpha value is -0.760. The van der Waals surface area contributed by atoms with Crippen molar-refractivity contribution >= 4 is 0 Å². The number of hydrogen-bond acceptors (Lipinski definition) is 2. The van der Waals surface area contributed by atoms with E-state index in [-0.39, 0.29) is 0 Å². The van der Waals surface area contributed by atoms with Gasteiger partial charge < -0.3 is 9.52 Å². The maximum absolute atomic E-state index is 9.50. The number of hydrogen-bond donors (Lipinski definition) is 1. The van der Waals surface area contributed by atoms with Crippen molar-refractivity contribution in [1.82, 2.24) is 0 Å². The van der Waals surface area contributed by atoms with E-state index in [2.05, 4.69) is 0 Å². The lowest BCUT2D eigenvalue weighted by Gasteiger charge is -2.15. The lowest BCUT2D eigenvalue weighted by atomic mass is 10.00. The van der Waals surface area contributed by atoms with Crippen molar-refractivity contribution < 1.29 is 9.52 Å². The molecule has 1 heterocycles. The summed E-state index contributed by atoms with van der Waals surface area (Å²) >= 11 is 0. The van der Waals surface area contributed by atoms with E-state index in [1.165, 1.54) is 0 Å². The normalized spacial score (nSPS) is 12.0. The van der Waals surface area contributed by atoms with Gasteiger partial charge in [0.25, 0.3) is 0 Å². The van der Waals surface area contributed by atoms with Gasteiger partial charge in [0.1, 0.15) is 5.76 Å². The molecule has 0 atom stereocenters. The molecule has 0 spiro atoms. The zero-order valence-electron chi connectivity index (χ0n) is 6.51. The molecule has 0 saturated carbocycles. The summed E-state index contributed by atoms with van der Waals surface area (Å²) in [5.41, 5.74) is 0.0735. The van der Waals surface area contributed by atoms with Crippen molar-refractivity contribution in [2.24, 2.45) is 0 Å². The summed E-state index contributed by atoms with van der Waals surface area (Å²) in [6.45, 7) is 5.32. The van der Waals surface area contributed by atoms with E-state index in [1.54, 1.807) is 26.2 Å². The molecule has 56 valence electrons. The lowest BCUT2D eigenvalue weighted by molar-refractivity contribution is 0.0770. The van der Waals surface area contributed by atoms with E-state index in [1.807, 2.05) is 6.92 Å². The molecule has 0 radical (unpaired) electrons.